The fourth-order valence-electron chi connectivity index (χ4n) is 2.94. The summed E-state index contributed by atoms with van der Waals surface area (Å²) in [5.41, 5.74) is 1.83. The minimum absolute atomic E-state index is 0.0280. The highest BCUT2D eigenvalue weighted by molar-refractivity contribution is 7.93. The number of nitrogens with zero attached hydrogens (tertiary/aromatic N) is 4. The summed E-state index contributed by atoms with van der Waals surface area (Å²) in [6, 6.07) is 8.94. The van der Waals surface area contributed by atoms with Gasteiger partial charge in [-0.3, -0.25) is 9.52 Å². The highest BCUT2D eigenvalue weighted by Gasteiger charge is 2.37. The minimum Gasteiger partial charge on any atom is -0.325 e. The number of amides is 1. The van der Waals surface area contributed by atoms with Crippen LogP contribution in [0.25, 0.3) is 11.1 Å². The molecule has 0 atom stereocenters. The van der Waals surface area contributed by atoms with E-state index in [1.807, 2.05) is 12.1 Å². The molecular weight excluding hydrogens is 416 g/mol. The third-order valence-corrected chi connectivity index (χ3v) is 6.91. The monoisotopic (exact) mass is 438 g/mol. The van der Waals surface area contributed by atoms with Crippen molar-refractivity contribution in [3.63, 3.8) is 0 Å². The summed E-state index contributed by atoms with van der Waals surface area (Å²) in [6.07, 6.45) is 7.62. The van der Waals surface area contributed by atoms with Crippen molar-refractivity contribution in [3.8, 4) is 11.1 Å². The van der Waals surface area contributed by atoms with Gasteiger partial charge >= 0.3 is 0 Å². The van der Waals surface area contributed by atoms with Crippen LogP contribution in [0.4, 0.5) is 11.6 Å². The van der Waals surface area contributed by atoms with Crippen LogP contribution in [0.3, 0.4) is 0 Å². The number of benzene rings is 1. The summed E-state index contributed by atoms with van der Waals surface area (Å²) in [6.45, 7) is 3.44. The van der Waals surface area contributed by atoms with E-state index in [0.717, 1.165) is 11.1 Å². The van der Waals surface area contributed by atoms with Gasteiger partial charge in [0.1, 0.15) is 6.33 Å². The lowest BCUT2D eigenvalue weighted by atomic mass is 9.88. The van der Waals surface area contributed by atoms with Crippen LogP contribution in [0, 0.1) is 0 Å². The van der Waals surface area contributed by atoms with Gasteiger partial charge in [-0.1, -0.05) is 12.1 Å². The Kier molecular flexibility index (Phi) is 5.40. The molecule has 0 aliphatic heterocycles. The molecule has 1 aliphatic carbocycles. The summed E-state index contributed by atoms with van der Waals surface area (Å²) in [7, 11) is -3.48. The number of nitrogens with one attached hydrogen (secondary N) is 2. The van der Waals surface area contributed by atoms with E-state index in [1.165, 1.54) is 12.5 Å². The Bertz CT molecular complexity index is 1190. The molecule has 0 saturated heterocycles. The molecule has 31 heavy (non-hydrogen) atoms. The molecule has 0 bridgehead atoms. The first-order valence-electron chi connectivity index (χ1n) is 9.78. The summed E-state index contributed by atoms with van der Waals surface area (Å²) in [5.74, 6) is -0.308. The molecule has 10 heteroatoms. The Hall–Kier alpha value is -3.40. The normalized spacial score (nSPS) is 14.1. The molecule has 1 aliphatic rings. The van der Waals surface area contributed by atoms with Gasteiger partial charge in [-0.25, -0.2) is 28.4 Å². The maximum absolute atomic E-state index is 13.0. The summed E-state index contributed by atoms with van der Waals surface area (Å²) in [4.78, 5) is 29.2. The first-order valence-corrected chi connectivity index (χ1v) is 11.3. The summed E-state index contributed by atoms with van der Waals surface area (Å²) >= 11 is 0. The second-order valence-electron chi connectivity index (χ2n) is 7.90. The van der Waals surface area contributed by atoms with Crippen LogP contribution in [-0.4, -0.2) is 39.5 Å². The lowest BCUT2D eigenvalue weighted by Crippen LogP contribution is -2.36. The van der Waals surface area contributed by atoms with Crippen LogP contribution >= 0.6 is 0 Å². The van der Waals surface area contributed by atoms with Crippen LogP contribution < -0.4 is 10.0 Å². The smallest absolute Gasteiger partial charge is 0.237 e. The average Bonchev–Trinajstić information content (AvgIpc) is 3.61. The standard InChI is InChI=1S/C21H22N6O3S/c1-21(2,18-9-10-24-20(26-18)27-31(29,30)17-7-8-17)19(28)25-16-5-3-14(4-6-16)15-11-22-13-23-12-15/h3-6,9-13,17H,7-8H2,1-2H3,(H,25,28)(H,24,26,27). The minimum atomic E-state index is -3.48. The summed E-state index contributed by atoms with van der Waals surface area (Å²) in [5, 5.41) is 2.50. The Labute approximate surface area is 180 Å². The second-order valence-corrected chi connectivity index (χ2v) is 9.86. The third kappa shape index (κ3) is 4.69. The van der Waals surface area contributed by atoms with Crippen molar-refractivity contribution in [2.45, 2.75) is 37.4 Å². The van der Waals surface area contributed by atoms with E-state index in [4.69, 9.17) is 0 Å². The van der Waals surface area contributed by atoms with E-state index in [-0.39, 0.29) is 17.1 Å². The first kappa shape index (κ1) is 20.9. The Morgan fingerprint density at radius 3 is 2.35 bits per heavy atom. The molecule has 0 spiro atoms. The van der Waals surface area contributed by atoms with E-state index in [2.05, 4.69) is 30.0 Å². The highest BCUT2D eigenvalue weighted by atomic mass is 32.2. The molecule has 0 unspecified atom stereocenters. The number of hydrogen-bond donors (Lipinski definition) is 2. The van der Waals surface area contributed by atoms with Crippen LogP contribution in [0.2, 0.25) is 0 Å². The maximum atomic E-state index is 13.0. The van der Waals surface area contributed by atoms with Gasteiger partial charge in [0.05, 0.1) is 16.4 Å². The Balaban J connectivity index is 1.48. The second kappa shape index (κ2) is 8.03. The van der Waals surface area contributed by atoms with E-state index in [0.29, 0.717) is 24.2 Å². The molecule has 2 N–H and O–H groups in total. The molecule has 0 radical (unpaired) electrons. The zero-order valence-electron chi connectivity index (χ0n) is 17.1. The van der Waals surface area contributed by atoms with Crippen molar-refractivity contribution in [1.82, 2.24) is 19.9 Å². The third-order valence-electron chi connectivity index (χ3n) is 5.10. The van der Waals surface area contributed by atoms with Gasteiger partial charge in [-0.05, 0) is 50.5 Å². The van der Waals surface area contributed by atoms with Crippen LogP contribution in [0.1, 0.15) is 32.4 Å². The zero-order chi connectivity index (χ0) is 22.1. The van der Waals surface area contributed by atoms with Gasteiger partial charge in [0, 0.05) is 29.8 Å². The van der Waals surface area contributed by atoms with Gasteiger partial charge in [-0.2, -0.15) is 0 Å². The SMILES string of the molecule is CC(C)(C(=O)Nc1ccc(-c2cncnc2)cc1)c1ccnc(NS(=O)(=O)C2CC2)n1. The molecule has 160 valence electrons. The van der Waals surface area contributed by atoms with Gasteiger partial charge in [0.25, 0.3) is 0 Å². The van der Waals surface area contributed by atoms with E-state index in [9.17, 15) is 13.2 Å². The number of anilines is 2. The van der Waals surface area contributed by atoms with Crippen molar-refractivity contribution in [2.75, 3.05) is 10.0 Å². The predicted octanol–water partition coefficient (Wildman–Crippen LogP) is 2.75. The van der Waals surface area contributed by atoms with Crippen molar-refractivity contribution in [1.29, 1.82) is 0 Å². The number of aromatic nitrogens is 4. The van der Waals surface area contributed by atoms with Crippen LogP contribution in [-0.2, 0) is 20.2 Å². The number of sulfonamides is 1. The van der Waals surface area contributed by atoms with E-state index >= 15 is 0 Å². The van der Waals surface area contributed by atoms with E-state index < -0.39 is 15.4 Å². The van der Waals surface area contributed by atoms with Crippen molar-refractivity contribution >= 4 is 27.6 Å². The Morgan fingerprint density at radius 2 is 1.71 bits per heavy atom. The maximum Gasteiger partial charge on any atom is 0.237 e. The van der Waals surface area contributed by atoms with Crippen LogP contribution in [0.5, 0.6) is 0 Å². The number of hydrogen-bond acceptors (Lipinski definition) is 7. The van der Waals surface area contributed by atoms with Gasteiger partial charge in [-0.15, -0.1) is 0 Å². The molecule has 1 aromatic carbocycles. The van der Waals surface area contributed by atoms with Crippen molar-refractivity contribution in [3.05, 3.63) is 60.9 Å². The quantitative estimate of drug-likeness (QED) is 0.581. The fourth-order valence-corrected chi connectivity index (χ4v) is 4.22. The molecule has 1 saturated carbocycles. The Morgan fingerprint density at radius 1 is 1.03 bits per heavy atom. The van der Waals surface area contributed by atoms with E-state index in [1.54, 1.807) is 44.4 Å². The topological polar surface area (TPSA) is 127 Å². The molecule has 1 fully saturated rings. The van der Waals surface area contributed by atoms with Gasteiger partial charge in [0.2, 0.25) is 21.9 Å². The molecule has 3 aromatic rings. The lowest BCUT2D eigenvalue weighted by molar-refractivity contribution is -0.120. The number of carbonyl (C=O) groups is 1. The molecule has 2 heterocycles. The lowest BCUT2D eigenvalue weighted by Gasteiger charge is -2.23. The van der Waals surface area contributed by atoms with Crippen molar-refractivity contribution in [2.24, 2.45) is 0 Å². The highest BCUT2D eigenvalue weighted by Crippen LogP contribution is 2.30. The van der Waals surface area contributed by atoms with Gasteiger partial charge in [0.15, 0.2) is 0 Å². The average molecular weight is 439 g/mol. The molecule has 4 rings (SSSR count). The molecule has 1 amide bonds. The van der Waals surface area contributed by atoms with Crippen LogP contribution in [0.15, 0.2) is 55.2 Å². The van der Waals surface area contributed by atoms with Gasteiger partial charge < -0.3 is 5.32 Å². The molecular formula is C21H22N6O3S. The molecule has 2 aromatic heterocycles. The predicted molar refractivity (Wildman–Crippen MR) is 117 cm³/mol. The molecule has 9 nitrogen and oxygen atoms in total. The van der Waals surface area contributed by atoms with Crippen molar-refractivity contribution < 1.29 is 13.2 Å². The first-order chi connectivity index (χ1) is 14.8. The largest absolute Gasteiger partial charge is 0.325 e. The number of carbonyl (C=O) groups excluding carboxylic acids is 1. The summed E-state index contributed by atoms with van der Waals surface area (Å²) < 4.78 is 26.7. The fraction of sp³-hybridized carbons (Fsp3) is 0.286. The number of rotatable bonds is 7. The zero-order valence-corrected chi connectivity index (χ0v) is 17.9.